The van der Waals surface area contributed by atoms with Gasteiger partial charge in [0.05, 0.1) is 31.6 Å². The number of hydrogen-bond donors (Lipinski definition) is 1. The van der Waals surface area contributed by atoms with Gasteiger partial charge in [-0.25, -0.2) is 8.42 Å². The molecule has 0 aliphatic rings. The first-order valence-electron chi connectivity index (χ1n) is 9.01. The molecule has 2 rings (SSSR count). The van der Waals surface area contributed by atoms with E-state index in [1.165, 1.54) is 10.4 Å². The van der Waals surface area contributed by atoms with Crippen LogP contribution in [0.1, 0.15) is 17.3 Å². The molecule has 0 aromatic heterocycles. The fourth-order valence-corrected chi connectivity index (χ4v) is 3.45. The molecule has 0 aliphatic carbocycles. The number of nitrogens with one attached hydrogen (secondary N) is 1. The molecule has 0 saturated heterocycles. The number of amides is 1. The summed E-state index contributed by atoms with van der Waals surface area (Å²) < 4.78 is 35.8. The fourth-order valence-electron chi connectivity index (χ4n) is 2.57. The van der Waals surface area contributed by atoms with E-state index in [-0.39, 0.29) is 18.5 Å². The first kappa shape index (κ1) is 22.3. The topological polar surface area (TPSA) is 84.9 Å². The van der Waals surface area contributed by atoms with E-state index in [9.17, 15) is 13.2 Å². The molecule has 1 N–H and O–H groups in total. The van der Waals surface area contributed by atoms with Crippen molar-refractivity contribution in [1.29, 1.82) is 0 Å². The third kappa shape index (κ3) is 6.53. The number of sulfonamides is 1. The van der Waals surface area contributed by atoms with Crippen molar-refractivity contribution in [2.24, 2.45) is 0 Å². The Morgan fingerprint density at radius 1 is 1.14 bits per heavy atom. The highest BCUT2D eigenvalue weighted by Crippen LogP contribution is 2.19. The number of ether oxygens (including phenoxy) is 2. The molecule has 2 aromatic rings. The Bertz CT molecular complexity index is 925. The third-order valence-corrected chi connectivity index (χ3v) is 5.21. The Balaban J connectivity index is 1.94. The molecule has 1 atom stereocenters. The number of rotatable bonds is 10. The van der Waals surface area contributed by atoms with E-state index in [4.69, 9.17) is 9.47 Å². The van der Waals surface area contributed by atoms with Gasteiger partial charge in [-0.15, -0.1) is 6.58 Å². The fraction of sp³-hybridized carbons (Fsp3) is 0.286. The number of hydrogen-bond acceptors (Lipinski definition) is 5. The highest BCUT2D eigenvalue weighted by molar-refractivity contribution is 7.92. The minimum absolute atomic E-state index is 0.157. The number of benzene rings is 2. The van der Waals surface area contributed by atoms with Crippen molar-refractivity contribution in [1.82, 2.24) is 5.32 Å². The maximum atomic E-state index is 12.4. The normalized spacial score (nSPS) is 12.0. The Hall–Kier alpha value is -3.00. The Kier molecular flexibility index (Phi) is 7.67. The van der Waals surface area contributed by atoms with Gasteiger partial charge in [0.15, 0.2) is 0 Å². The number of methoxy groups -OCH3 is 1. The van der Waals surface area contributed by atoms with Crippen LogP contribution in [0.4, 0.5) is 5.69 Å². The molecule has 0 fully saturated rings. The van der Waals surface area contributed by atoms with E-state index in [0.29, 0.717) is 23.6 Å². The van der Waals surface area contributed by atoms with E-state index < -0.39 is 10.0 Å². The first-order chi connectivity index (χ1) is 13.7. The highest BCUT2D eigenvalue weighted by Gasteiger charge is 2.17. The monoisotopic (exact) mass is 418 g/mol. The lowest BCUT2D eigenvalue weighted by Crippen LogP contribution is -2.36. The van der Waals surface area contributed by atoms with Gasteiger partial charge in [-0.3, -0.25) is 9.10 Å². The first-order valence-corrected chi connectivity index (χ1v) is 10.9. The minimum atomic E-state index is -3.43. The van der Waals surface area contributed by atoms with Gasteiger partial charge in [-0.05, 0) is 55.5 Å². The van der Waals surface area contributed by atoms with Gasteiger partial charge in [0, 0.05) is 5.56 Å². The zero-order valence-electron chi connectivity index (χ0n) is 16.8. The second-order valence-electron chi connectivity index (χ2n) is 6.49. The van der Waals surface area contributed by atoms with Gasteiger partial charge >= 0.3 is 0 Å². The van der Waals surface area contributed by atoms with Gasteiger partial charge in [0.1, 0.15) is 18.1 Å². The van der Waals surface area contributed by atoms with Gasteiger partial charge in [0.2, 0.25) is 10.0 Å². The Labute approximate surface area is 172 Å². The summed E-state index contributed by atoms with van der Waals surface area (Å²) >= 11 is 0. The predicted octanol–water partition coefficient (Wildman–Crippen LogP) is 2.84. The molecule has 0 aliphatic heterocycles. The molecule has 0 radical (unpaired) electrons. The summed E-state index contributed by atoms with van der Waals surface area (Å²) in [7, 11) is -1.84. The van der Waals surface area contributed by atoms with Crippen LogP contribution in [0.15, 0.2) is 61.2 Å². The van der Waals surface area contributed by atoms with Crippen molar-refractivity contribution in [3.63, 3.8) is 0 Å². The van der Waals surface area contributed by atoms with Crippen LogP contribution >= 0.6 is 0 Å². The molecule has 0 saturated carbocycles. The SMILES string of the molecule is C=CCN(c1ccc(C(=O)NC(C)COc2ccc(OC)cc2)cc1)S(C)(=O)=O. The number of nitrogens with zero attached hydrogens (tertiary/aromatic N) is 1. The van der Waals surface area contributed by atoms with Crippen molar-refractivity contribution < 1.29 is 22.7 Å². The molecule has 0 bridgehead atoms. The third-order valence-electron chi connectivity index (χ3n) is 4.05. The maximum Gasteiger partial charge on any atom is 0.251 e. The molecular weight excluding hydrogens is 392 g/mol. The van der Waals surface area contributed by atoms with E-state index >= 15 is 0 Å². The number of anilines is 1. The van der Waals surface area contributed by atoms with Crippen LogP contribution in [-0.2, 0) is 10.0 Å². The molecule has 1 unspecified atom stereocenters. The largest absolute Gasteiger partial charge is 0.497 e. The van der Waals surface area contributed by atoms with E-state index in [1.807, 2.05) is 6.92 Å². The van der Waals surface area contributed by atoms with E-state index in [2.05, 4.69) is 11.9 Å². The lowest BCUT2D eigenvalue weighted by atomic mass is 10.2. The molecule has 29 heavy (non-hydrogen) atoms. The van der Waals surface area contributed by atoms with Crippen molar-refractivity contribution in [3.05, 3.63) is 66.7 Å². The average Bonchev–Trinajstić information content (AvgIpc) is 2.70. The van der Waals surface area contributed by atoms with Gasteiger partial charge in [-0.2, -0.15) is 0 Å². The molecule has 1 amide bonds. The van der Waals surface area contributed by atoms with Crippen LogP contribution in [0, 0.1) is 0 Å². The van der Waals surface area contributed by atoms with Crippen LogP contribution in [0.5, 0.6) is 11.5 Å². The van der Waals surface area contributed by atoms with Gasteiger partial charge in [0.25, 0.3) is 5.91 Å². The molecule has 156 valence electrons. The average molecular weight is 419 g/mol. The summed E-state index contributed by atoms with van der Waals surface area (Å²) in [5, 5.41) is 2.86. The summed E-state index contributed by atoms with van der Waals surface area (Å²) in [6, 6.07) is 13.3. The summed E-state index contributed by atoms with van der Waals surface area (Å²) in [5.74, 6) is 1.15. The van der Waals surface area contributed by atoms with Gasteiger partial charge < -0.3 is 14.8 Å². The van der Waals surface area contributed by atoms with Crippen LogP contribution < -0.4 is 19.1 Å². The van der Waals surface area contributed by atoms with Crippen LogP contribution in [0.2, 0.25) is 0 Å². The summed E-state index contributed by atoms with van der Waals surface area (Å²) in [4.78, 5) is 12.4. The predicted molar refractivity (Wildman–Crippen MR) is 114 cm³/mol. The number of carbonyl (C=O) groups is 1. The van der Waals surface area contributed by atoms with Crippen molar-refractivity contribution in [2.45, 2.75) is 13.0 Å². The minimum Gasteiger partial charge on any atom is -0.497 e. The van der Waals surface area contributed by atoms with Crippen LogP contribution in [0.3, 0.4) is 0 Å². The Morgan fingerprint density at radius 2 is 1.72 bits per heavy atom. The molecule has 2 aromatic carbocycles. The molecular formula is C21H26N2O5S. The quantitative estimate of drug-likeness (QED) is 0.600. The van der Waals surface area contributed by atoms with Crippen LogP contribution in [-0.4, -0.2) is 46.9 Å². The highest BCUT2D eigenvalue weighted by atomic mass is 32.2. The van der Waals surface area contributed by atoms with Gasteiger partial charge in [-0.1, -0.05) is 6.08 Å². The van der Waals surface area contributed by atoms with Crippen LogP contribution in [0.25, 0.3) is 0 Å². The second kappa shape index (κ2) is 9.97. The molecule has 0 spiro atoms. The number of carbonyl (C=O) groups excluding carboxylic acids is 1. The zero-order chi connectivity index (χ0) is 21.4. The molecule has 8 heteroatoms. The van der Waals surface area contributed by atoms with Crippen molar-refractivity contribution in [2.75, 3.05) is 30.8 Å². The van der Waals surface area contributed by atoms with Crippen molar-refractivity contribution >= 4 is 21.6 Å². The van der Waals surface area contributed by atoms with E-state index in [0.717, 1.165) is 12.0 Å². The summed E-state index contributed by atoms with van der Waals surface area (Å²) in [6.45, 7) is 5.88. The zero-order valence-corrected chi connectivity index (χ0v) is 17.6. The second-order valence-corrected chi connectivity index (χ2v) is 8.40. The van der Waals surface area contributed by atoms with E-state index in [1.54, 1.807) is 55.6 Å². The lowest BCUT2D eigenvalue weighted by molar-refractivity contribution is 0.0926. The maximum absolute atomic E-state index is 12.4. The van der Waals surface area contributed by atoms with Crippen molar-refractivity contribution in [3.8, 4) is 11.5 Å². The summed E-state index contributed by atoms with van der Waals surface area (Å²) in [6.07, 6.45) is 2.63. The standard InChI is InChI=1S/C21H26N2O5S/c1-5-14-23(29(4,25)26)18-8-6-17(7-9-18)21(24)22-16(2)15-28-20-12-10-19(27-3)11-13-20/h5-13,16H,1,14-15H2,2-4H3,(H,22,24). The molecule has 7 nitrogen and oxygen atoms in total. The smallest absolute Gasteiger partial charge is 0.251 e. The lowest BCUT2D eigenvalue weighted by Gasteiger charge is -2.21. The summed E-state index contributed by atoms with van der Waals surface area (Å²) in [5.41, 5.74) is 0.900. The molecule has 0 heterocycles. The Morgan fingerprint density at radius 3 is 2.24 bits per heavy atom.